The van der Waals surface area contributed by atoms with Gasteiger partial charge in [-0.1, -0.05) is 13.3 Å². The quantitative estimate of drug-likeness (QED) is 0.361. The Hall–Kier alpha value is -0.900. The third-order valence-corrected chi connectivity index (χ3v) is 1.07. The molecule has 0 aromatic heterocycles. The van der Waals surface area contributed by atoms with Crippen molar-refractivity contribution in [2.45, 2.75) is 26.2 Å². The van der Waals surface area contributed by atoms with Crippen LogP contribution in [0.5, 0.6) is 0 Å². The first-order valence-corrected chi connectivity index (χ1v) is 3.11. The van der Waals surface area contributed by atoms with Gasteiger partial charge in [0.1, 0.15) is 0 Å². The van der Waals surface area contributed by atoms with E-state index in [0.29, 0.717) is 6.42 Å². The molecule has 0 unspecified atom stereocenters. The van der Waals surface area contributed by atoms with Gasteiger partial charge in [-0.3, -0.25) is 9.68 Å². The predicted molar refractivity (Wildman–Crippen MR) is 33.3 cm³/mol. The lowest BCUT2D eigenvalue weighted by atomic mass is 10.2. The Bertz CT molecular complexity index is 130. The lowest BCUT2D eigenvalue weighted by Crippen LogP contribution is -2.14. The minimum absolute atomic E-state index is 0.149. The SMILES string of the molecule is CCCCC(=O)C(=O)OO. The van der Waals surface area contributed by atoms with Crippen molar-refractivity contribution in [1.82, 2.24) is 0 Å². The second-order valence-corrected chi connectivity index (χ2v) is 1.91. The molecular weight excluding hydrogens is 136 g/mol. The Labute approximate surface area is 58.7 Å². The summed E-state index contributed by atoms with van der Waals surface area (Å²) in [5.41, 5.74) is 0. The largest absolute Gasteiger partial charge is 0.408 e. The summed E-state index contributed by atoms with van der Waals surface area (Å²) in [6.07, 6.45) is 1.63. The highest BCUT2D eigenvalue weighted by atomic mass is 17.1. The zero-order valence-electron chi connectivity index (χ0n) is 5.79. The van der Waals surface area contributed by atoms with E-state index in [9.17, 15) is 9.59 Å². The van der Waals surface area contributed by atoms with Crippen molar-refractivity contribution in [3.8, 4) is 0 Å². The highest BCUT2D eigenvalue weighted by molar-refractivity contribution is 6.33. The second kappa shape index (κ2) is 4.93. The zero-order valence-corrected chi connectivity index (χ0v) is 5.79. The lowest BCUT2D eigenvalue weighted by Gasteiger charge is -1.92. The number of hydrogen-bond acceptors (Lipinski definition) is 4. The van der Waals surface area contributed by atoms with E-state index in [1.54, 1.807) is 0 Å². The molecule has 10 heavy (non-hydrogen) atoms. The standard InChI is InChI=1S/C6H10O4/c1-2-3-4-5(7)6(8)10-9/h9H,2-4H2,1H3. The number of hydrogen-bond donors (Lipinski definition) is 1. The van der Waals surface area contributed by atoms with Crippen LogP contribution in [0.25, 0.3) is 0 Å². The van der Waals surface area contributed by atoms with Crippen LogP contribution in [0.2, 0.25) is 0 Å². The molecule has 0 fully saturated rings. The van der Waals surface area contributed by atoms with Gasteiger partial charge < -0.3 is 0 Å². The van der Waals surface area contributed by atoms with Crippen molar-refractivity contribution >= 4 is 11.8 Å². The summed E-state index contributed by atoms with van der Waals surface area (Å²) < 4.78 is 0. The lowest BCUT2D eigenvalue weighted by molar-refractivity contribution is -0.232. The van der Waals surface area contributed by atoms with Crippen LogP contribution in [0.3, 0.4) is 0 Å². The Balaban J connectivity index is 3.52. The van der Waals surface area contributed by atoms with Gasteiger partial charge in [-0.2, -0.15) is 5.26 Å². The monoisotopic (exact) mass is 146 g/mol. The van der Waals surface area contributed by atoms with E-state index in [-0.39, 0.29) is 6.42 Å². The fraction of sp³-hybridized carbons (Fsp3) is 0.667. The first-order valence-electron chi connectivity index (χ1n) is 3.11. The Kier molecular flexibility index (Phi) is 4.49. The molecule has 0 aliphatic rings. The summed E-state index contributed by atoms with van der Waals surface area (Å²) in [7, 11) is 0. The number of carbonyl (C=O) groups is 2. The van der Waals surface area contributed by atoms with Crippen LogP contribution in [-0.2, 0) is 14.5 Å². The molecule has 0 saturated heterocycles. The summed E-state index contributed by atoms with van der Waals surface area (Å²) in [4.78, 5) is 23.9. The molecule has 0 spiro atoms. The van der Waals surface area contributed by atoms with Gasteiger partial charge >= 0.3 is 5.97 Å². The fourth-order valence-electron chi connectivity index (χ4n) is 0.490. The average Bonchev–Trinajstić information content (AvgIpc) is 1.98. The molecule has 0 rings (SSSR count). The molecule has 0 aliphatic carbocycles. The van der Waals surface area contributed by atoms with E-state index in [4.69, 9.17) is 5.26 Å². The maximum absolute atomic E-state index is 10.5. The molecule has 1 N–H and O–H groups in total. The van der Waals surface area contributed by atoms with Crippen molar-refractivity contribution in [3.63, 3.8) is 0 Å². The highest BCUT2D eigenvalue weighted by Gasteiger charge is 2.13. The van der Waals surface area contributed by atoms with Crippen LogP contribution in [0.15, 0.2) is 0 Å². The number of ketones is 1. The molecule has 0 aromatic carbocycles. The maximum atomic E-state index is 10.5. The second-order valence-electron chi connectivity index (χ2n) is 1.91. The molecule has 58 valence electrons. The van der Waals surface area contributed by atoms with Crippen molar-refractivity contribution < 1.29 is 19.7 Å². The van der Waals surface area contributed by atoms with Crippen molar-refractivity contribution in [1.29, 1.82) is 0 Å². The van der Waals surface area contributed by atoms with E-state index in [1.165, 1.54) is 0 Å². The third kappa shape index (κ3) is 3.19. The van der Waals surface area contributed by atoms with Gasteiger partial charge in [0.25, 0.3) is 0 Å². The molecule has 4 nitrogen and oxygen atoms in total. The minimum Gasteiger partial charge on any atom is -0.292 e. The number of rotatable bonds is 4. The van der Waals surface area contributed by atoms with E-state index in [2.05, 4.69) is 4.89 Å². The molecule has 0 radical (unpaired) electrons. The predicted octanol–water partition coefficient (Wildman–Crippen LogP) is 0.762. The molecule has 0 saturated carbocycles. The molecule has 0 aromatic rings. The molecular formula is C6H10O4. The van der Waals surface area contributed by atoms with Gasteiger partial charge in [-0.05, 0) is 6.42 Å². The average molecular weight is 146 g/mol. The van der Waals surface area contributed by atoms with Gasteiger partial charge in [0, 0.05) is 6.42 Å². The van der Waals surface area contributed by atoms with Gasteiger partial charge in [-0.15, -0.1) is 0 Å². The van der Waals surface area contributed by atoms with Crippen molar-refractivity contribution in [3.05, 3.63) is 0 Å². The third-order valence-electron chi connectivity index (χ3n) is 1.07. The maximum Gasteiger partial charge on any atom is 0.408 e. The number of carbonyl (C=O) groups excluding carboxylic acids is 2. The fourth-order valence-corrected chi connectivity index (χ4v) is 0.490. The minimum atomic E-state index is -1.17. The number of Topliss-reactive ketones (excluding diaryl/α,β-unsaturated/α-hetero) is 1. The van der Waals surface area contributed by atoms with Gasteiger partial charge in [-0.25, -0.2) is 4.79 Å². The van der Waals surface area contributed by atoms with Crippen LogP contribution >= 0.6 is 0 Å². The number of unbranched alkanes of at least 4 members (excludes halogenated alkanes) is 1. The summed E-state index contributed by atoms with van der Waals surface area (Å²) in [6.45, 7) is 1.90. The Morgan fingerprint density at radius 2 is 2.10 bits per heavy atom. The molecule has 0 atom stereocenters. The Morgan fingerprint density at radius 3 is 2.50 bits per heavy atom. The van der Waals surface area contributed by atoms with E-state index in [1.807, 2.05) is 6.92 Å². The van der Waals surface area contributed by atoms with E-state index in [0.717, 1.165) is 6.42 Å². The van der Waals surface area contributed by atoms with E-state index >= 15 is 0 Å². The van der Waals surface area contributed by atoms with Gasteiger partial charge in [0.05, 0.1) is 0 Å². The summed E-state index contributed by atoms with van der Waals surface area (Å²) in [5, 5.41) is 7.73. The molecule has 0 heterocycles. The van der Waals surface area contributed by atoms with E-state index < -0.39 is 11.8 Å². The molecule has 0 aliphatic heterocycles. The normalized spacial score (nSPS) is 9.00. The summed E-state index contributed by atoms with van der Waals surface area (Å²) in [5.74, 6) is -1.85. The molecule has 0 bridgehead atoms. The topological polar surface area (TPSA) is 63.6 Å². The molecule has 4 heteroatoms. The van der Waals surface area contributed by atoms with Crippen LogP contribution in [0.4, 0.5) is 0 Å². The van der Waals surface area contributed by atoms with Gasteiger partial charge in [0.15, 0.2) is 0 Å². The first kappa shape index (κ1) is 9.10. The zero-order chi connectivity index (χ0) is 7.98. The van der Waals surface area contributed by atoms with Crippen molar-refractivity contribution in [2.75, 3.05) is 0 Å². The van der Waals surface area contributed by atoms with Crippen LogP contribution in [0, 0.1) is 0 Å². The summed E-state index contributed by atoms with van der Waals surface area (Å²) in [6, 6.07) is 0. The van der Waals surface area contributed by atoms with Crippen LogP contribution in [-0.4, -0.2) is 17.0 Å². The van der Waals surface area contributed by atoms with Gasteiger partial charge in [0.2, 0.25) is 5.78 Å². The van der Waals surface area contributed by atoms with Crippen LogP contribution < -0.4 is 0 Å². The molecule has 0 amide bonds. The summed E-state index contributed by atoms with van der Waals surface area (Å²) >= 11 is 0. The first-order chi connectivity index (χ1) is 4.72. The highest BCUT2D eigenvalue weighted by Crippen LogP contribution is 1.95. The smallest absolute Gasteiger partial charge is 0.292 e. The Morgan fingerprint density at radius 1 is 1.50 bits per heavy atom. The van der Waals surface area contributed by atoms with Crippen molar-refractivity contribution in [2.24, 2.45) is 0 Å². The van der Waals surface area contributed by atoms with Crippen LogP contribution in [0.1, 0.15) is 26.2 Å².